The number of ether oxygens (including phenoxy) is 1. The minimum Gasteiger partial charge on any atom is -0.444 e. The number of thioether (sulfide) groups is 1. The molecule has 1 amide bonds. The van der Waals surface area contributed by atoms with Crippen LogP contribution in [0.5, 0.6) is 0 Å². The summed E-state index contributed by atoms with van der Waals surface area (Å²) in [6, 6.07) is 9.65. The molecule has 1 aromatic rings. The zero-order valence-corrected chi connectivity index (χ0v) is 17.9. The molecule has 9 heteroatoms. The van der Waals surface area contributed by atoms with Gasteiger partial charge in [-0.1, -0.05) is 54.3 Å². The van der Waals surface area contributed by atoms with E-state index in [2.05, 4.69) is 4.90 Å². The highest BCUT2D eigenvalue weighted by Gasteiger charge is 2.47. The first-order chi connectivity index (χ1) is 13.1. The molecule has 7 nitrogen and oxygen atoms in total. The number of carbonyl (C=O) groups is 1. The molecule has 2 heterocycles. The zero-order valence-electron chi connectivity index (χ0n) is 16.2. The van der Waals surface area contributed by atoms with E-state index in [0.717, 1.165) is 12.0 Å². The first kappa shape index (κ1) is 20.9. The maximum absolute atomic E-state index is 12.4. The Morgan fingerprint density at radius 2 is 1.89 bits per heavy atom. The number of hydrogen-bond acceptors (Lipinski definition) is 6. The zero-order chi connectivity index (χ0) is 20.5. The van der Waals surface area contributed by atoms with Gasteiger partial charge in [0.1, 0.15) is 15.2 Å². The van der Waals surface area contributed by atoms with Gasteiger partial charge in [-0.15, -0.1) is 0 Å². The van der Waals surface area contributed by atoms with Crippen molar-refractivity contribution < 1.29 is 14.5 Å². The van der Waals surface area contributed by atoms with E-state index in [-0.39, 0.29) is 34.9 Å². The van der Waals surface area contributed by atoms with Gasteiger partial charge in [-0.2, -0.15) is 0 Å². The Labute approximate surface area is 174 Å². The van der Waals surface area contributed by atoms with Crippen molar-refractivity contribution in [2.45, 2.75) is 50.1 Å². The minimum atomic E-state index is -0.519. The molecule has 0 aliphatic carbocycles. The maximum atomic E-state index is 12.4. The van der Waals surface area contributed by atoms with Crippen LogP contribution >= 0.6 is 24.0 Å². The van der Waals surface area contributed by atoms with Crippen molar-refractivity contribution in [1.82, 2.24) is 9.80 Å². The third-order valence-electron chi connectivity index (χ3n) is 4.83. The average molecular weight is 424 g/mol. The van der Waals surface area contributed by atoms with Gasteiger partial charge in [-0.05, 0) is 32.8 Å². The van der Waals surface area contributed by atoms with Crippen molar-refractivity contribution in [3.05, 3.63) is 46.0 Å². The second-order valence-electron chi connectivity index (χ2n) is 8.13. The molecule has 0 radical (unpaired) electrons. The predicted octanol–water partition coefficient (Wildman–Crippen LogP) is 3.72. The van der Waals surface area contributed by atoms with Gasteiger partial charge in [0.25, 0.3) is 0 Å². The van der Waals surface area contributed by atoms with Crippen molar-refractivity contribution in [3.63, 3.8) is 0 Å². The van der Waals surface area contributed by atoms with Crippen LogP contribution in [-0.2, 0) is 4.74 Å². The minimum absolute atomic E-state index is 0.0732. The fraction of sp³-hybridized carbons (Fsp3) is 0.579. The highest BCUT2D eigenvalue weighted by molar-refractivity contribution is 8.23. The lowest BCUT2D eigenvalue weighted by Crippen LogP contribution is -2.51. The van der Waals surface area contributed by atoms with Crippen molar-refractivity contribution >= 4 is 34.4 Å². The molecule has 2 aliphatic rings. The molecule has 28 heavy (non-hydrogen) atoms. The number of thiocarbonyl (C=S) groups is 1. The first-order valence-electron chi connectivity index (χ1n) is 9.27. The quantitative estimate of drug-likeness (QED) is 0.415. The standard InChI is InChI=1S/C19H25N3O4S2/c1-19(2,3)26-17(23)20-10-15-9-14(20)11-21(15)18(27)28-16(12-22(24)25)13-7-5-4-6-8-13/h4-8,14-16H,9-12H2,1-3H3/t14-,15-,16?/m0/s1. The van der Waals surface area contributed by atoms with Gasteiger partial charge in [-0.25, -0.2) is 4.79 Å². The number of fused-ring (bicyclic) bond motifs is 2. The Morgan fingerprint density at radius 1 is 1.29 bits per heavy atom. The third-order valence-corrected chi connectivity index (χ3v) is 6.50. The van der Waals surface area contributed by atoms with E-state index >= 15 is 0 Å². The SMILES string of the molecule is CC(C)(C)OC(=O)N1C[C@@H]2C[C@H]1CN2C(=S)SC(C[N+](=O)[O-])c1ccccc1. The molecule has 0 aromatic heterocycles. The molecule has 2 bridgehead atoms. The van der Waals surface area contributed by atoms with E-state index in [1.54, 1.807) is 4.90 Å². The highest BCUT2D eigenvalue weighted by Crippen LogP contribution is 2.38. The molecule has 2 saturated heterocycles. The largest absolute Gasteiger partial charge is 0.444 e. The summed E-state index contributed by atoms with van der Waals surface area (Å²) in [6.07, 6.45) is 0.569. The third kappa shape index (κ3) is 4.94. The molecule has 0 spiro atoms. The number of nitrogens with zero attached hydrogens (tertiary/aromatic N) is 3. The second kappa shape index (κ2) is 8.24. The predicted molar refractivity (Wildman–Crippen MR) is 113 cm³/mol. The molecule has 1 aromatic carbocycles. The van der Waals surface area contributed by atoms with Crippen molar-refractivity contribution in [1.29, 1.82) is 0 Å². The van der Waals surface area contributed by atoms with E-state index < -0.39 is 5.60 Å². The fourth-order valence-electron chi connectivity index (χ4n) is 3.64. The van der Waals surface area contributed by atoms with Crippen LogP contribution < -0.4 is 0 Å². The Bertz CT molecular complexity index is 753. The lowest BCUT2D eigenvalue weighted by molar-refractivity contribution is -0.479. The molecule has 152 valence electrons. The number of nitro groups is 1. The number of amides is 1. The van der Waals surface area contributed by atoms with Crippen molar-refractivity contribution in [3.8, 4) is 0 Å². The van der Waals surface area contributed by atoms with Gasteiger partial charge in [0.15, 0.2) is 0 Å². The van der Waals surface area contributed by atoms with Gasteiger partial charge in [0.05, 0.1) is 12.1 Å². The van der Waals surface area contributed by atoms with Gasteiger partial charge in [0, 0.05) is 18.0 Å². The lowest BCUT2D eigenvalue weighted by Gasteiger charge is -2.36. The average Bonchev–Trinajstić information content (AvgIpc) is 3.21. The molecule has 0 saturated carbocycles. The van der Waals surface area contributed by atoms with Gasteiger partial charge in [-0.3, -0.25) is 10.1 Å². The number of benzene rings is 1. The highest BCUT2D eigenvalue weighted by atomic mass is 32.2. The Kier molecular flexibility index (Phi) is 6.14. The van der Waals surface area contributed by atoms with Crippen LogP contribution in [0.4, 0.5) is 4.79 Å². The Morgan fingerprint density at radius 3 is 2.43 bits per heavy atom. The number of hydrogen-bond donors (Lipinski definition) is 0. The fourth-order valence-corrected chi connectivity index (χ4v) is 5.30. The van der Waals surface area contributed by atoms with E-state index in [4.69, 9.17) is 17.0 Å². The van der Waals surface area contributed by atoms with Crippen LogP contribution in [-0.4, -0.2) is 62.5 Å². The summed E-state index contributed by atoms with van der Waals surface area (Å²) in [7, 11) is 0. The van der Waals surface area contributed by atoms with Crippen LogP contribution in [0.3, 0.4) is 0 Å². The first-order valence-corrected chi connectivity index (χ1v) is 10.6. The summed E-state index contributed by atoms with van der Waals surface area (Å²) >= 11 is 6.99. The van der Waals surface area contributed by atoms with E-state index in [1.165, 1.54) is 11.8 Å². The van der Waals surface area contributed by atoms with Crippen molar-refractivity contribution in [2.75, 3.05) is 19.6 Å². The molecule has 3 rings (SSSR count). The molecule has 1 unspecified atom stereocenters. The molecule has 3 atom stereocenters. The summed E-state index contributed by atoms with van der Waals surface area (Å²) < 4.78 is 6.15. The Hall–Kier alpha value is -1.87. The van der Waals surface area contributed by atoms with Gasteiger partial charge in [0.2, 0.25) is 6.54 Å². The summed E-state index contributed by atoms with van der Waals surface area (Å²) in [4.78, 5) is 27.1. The molecule has 2 aliphatic heterocycles. The van der Waals surface area contributed by atoms with Crippen LogP contribution in [0, 0.1) is 10.1 Å². The molecule has 2 fully saturated rings. The van der Waals surface area contributed by atoms with E-state index in [9.17, 15) is 14.9 Å². The Balaban J connectivity index is 1.62. The summed E-state index contributed by atoms with van der Waals surface area (Å²) in [5.41, 5.74) is 0.376. The van der Waals surface area contributed by atoms with Gasteiger partial charge >= 0.3 is 6.09 Å². The summed E-state index contributed by atoms with van der Waals surface area (Å²) in [5.74, 6) is 0. The normalized spacial score (nSPS) is 22.2. The summed E-state index contributed by atoms with van der Waals surface area (Å²) in [5, 5.41) is 10.8. The van der Waals surface area contributed by atoms with Crippen LogP contribution in [0.25, 0.3) is 0 Å². The smallest absolute Gasteiger partial charge is 0.410 e. The molecular formula is C19H25N3O4S2. The topological polar surface area (TPSA) is 75.9 Å². The van der Waals surface area contributed by atoms with Gasteiger partial charge < -0.3 is 14.5 Å². The number of carbonyl (C=O) groups excluding carboxylic acids is 1. The molecular weight excluding hydrogens is 398 g/mol. The van der Waals surface area contributed by atoms with Crippen molar-refractivity contribution in [2.24, 2.45) is 0 Å². The maximum Gasteiger partial charge on any atom is 0.410 e. The number of rotatable bonds is 4. The van der Waals surface area contributed by atoms with Crippen LogP contribution in [0.2, 0.25) is 0 Å². The monoisotopic (exact) mass is 423 g/mol. The lowest BCUT2D eigenvalue weighted by atomic mass is 10.1. The number of likely N-dealkylation sites (tertiary alicyclic amines) is 2. The van der Waals surface area contributed by atoms with E-state index in [1.807, 2.05) is 51.1 Å². The summed E-state index contributed by atoms with van der Waals surface area (Å²) in [6.45, 7) is 6.62. The van der Waals surface area contributed by atoms with Crippen LogP contribution in [0.15, 0.2) is 30.3 Å². The molecule has 0 N–H and O–H groups in total. The second-order valence-corrected chi connectivity index (χ2v) is 9.96. The number of piperazine rings is 1. The van der Waals surface area contributed by atoms with E-state index in [0.29, 0.717) is 17.4 Å². The van der Waals surface area contributed by atoms with Crippen LogP contribution in [0.1, 0.15) is 38.0 Å².